The summed E-state index contributed by atoms with van der Waals surface area (Å²) in [6.07, 6.45) is 5.31. The van der Waals surface area contributed by atoms with Gasteiger partial charge in [0.05, 0.1) is 0 Å². The monoisotopic (exact) mass is 267 g/mol. The molecule has 1 aromatic rings. The van der Waals surface area contributed by atoms with Gasteiger partial charge in [-0.05, 0) is 49.7 Å². The van der Waals surface area contributed by atoms with Gasteiger partial charge >= 0.3 is 0 Å². The fourth-order valence-electron chi connectivity index (χ4n) is 2.60. The summed E-state index contributed by atoms with van der Waals surface area (Å²) < 4.78 is 31.6. The highest BCUT2D eigenvalue weighted by atomic mass is 19.1. The van der Waals surface area contributed by atoms with Crippen LogP contribution in [-0.4, -0.2) is 19.2 Å². The maximum Gasteiger partial charge on any atom is 0.165 e. The topological polar surface area (TPSA) is 21.3 Å². The van der Waals surface area contributed by atoms with Crippen molar-refractivity contribution in [2.24, 2.45) is 11.8 Å². The molecule has 19 heavy (non-hydrogen) atoms. The van der Waals surface area contributed by atoms with Gasteiger partial charge in [0.15, 0.2) is 11.6 Å². The van der Waals surface area contributed by atoms with Crippen molar-refractivity contribution in [3.63, 3.8) is 0 Å². The molecule has 4 heteroatoms. The summed E-state index contributed by atoms with van der Waals surface area (Å²) in [5.74, 6) is 0.675. The maximum absolute atomic E-state index is 13.3. The number of ether oxygens (including phenoxy) is 1. The first kappa shape index (κ1) is 12.9. The highest BCUT2D eigenvalue weighted by molar-refractivity contribution is 5.24. The van der Waals surface area contributed by atoms with Gasteiger partial charge in [-0.2, -0.15) is 0 Å². The first-order valence-electron chi connectivity index (χ1n) is 7.05. The van der Waals surface area contributed by atoms with Crippen molar-refractivity contribution in [3.8, 4) is 5.75 Å². The molecular weight excluding hydrogens is 248 g/mol. The predicted molar refractivity (Wildman–Crippen MR) is 69.1 cm³/mol. The molecule has 104 valence electrons. The van der Waals surface area contributed by atoms with Crippen molar-refractivity contribution in [3.05, 3.63) is 29.8 Å². The van der Waals surface area contributed by atoms with Crippen LogP contribution < -0.4 is 10.1 Å². The van der Waals surface area contributed by atoms with E-state index < -0.39 is 11.6 Å². The molecule has 2 nitrogen and oxygen atoms in total. The molecule has 0 heterocycles. The summed E-state index contributed by atoms with van der Waals surface area (Å²) in [7, 11) is 0. The normalized spacial score (nSPS) is 18.9. The Kier molecular flexibility index (Phi) is 3.69. The average molecular weight is 267 g/mol. The fraction of sp³-hybridized carbons (Fsp3) is 0.600. The van der Waals surface area contributed by atoms with Crippen LogP contribution in [0, 0.1) is 23.5 Å². The second-order valence-electron chi connectivity index (χ2n) is 5.58. The van der Waals surface area contributed by atoms with Crippen LogP contribution in [-0.2, 0) is 0 Å². The van der Waals surface area contributed by atoms with Gasteiger partial charge in [-0.25, -0.2) is 8.78 Å². The maximum atomic E-state index is 13.3. The molecule has 2 fully saturated rings. The van der Waals surface area contributed by atoms with Crippen LogP contribution in [0.5, 0.6) is 5.75 Å². The minimum Gasteiger partial charge on any atom is -0.489 e. The molecule has 0 aromatic heterocycles. The molecule has 1 N–H and O–H groups in total. The van der Waals surface area contributed by atoms with Crippen molar-refractivity contribution >= 4 is 0 Å². The van der Waals surface area contributed by atoms with Crippen LogP contribution >= 0.6 is 0 Å². The van der Waals surface area contributed by atoms with Crippen molar-refractivity contribution in [2.75, 3.05) is 13.2 Å². The van der Waals surface area contributed by atoms with Crippen molar-refractivity contribution in [1.82, 2.24) is 5.32 Å². The van der Waals surface area contributed by atoms with E-state index in [4.69, 9.17) is 4.74 Å². The number of halogens is 2. The van der Waals surface area contributed by atoms with Crippen molar-refractivity contribution in [1.29, 1.82) is 0 Å². The molecule has 0 atom stereocenters. The third kappa shape index (κ3) is 3.44. The van der Waals surface area contributed by atoms with Gasteiger partial charge in [0.2, 0.25) is 0 Å². The Hall–Kier alpha value is -1.16. The fourth-order valence-corrected chi connectivity index (χ4v) is 2.60. The van der Waals surface area contributed by atoms with Crippen molar-refractivity contribution < 1.29 is 13.5 Å². The zero-order valence-electron chi connectivity index (χ0n) is 10.9. The number of benzene rings is 1. The van der Waals surface area contributed by atoms with E-state index in [-0.39, 0.29) is 5.75 Å². The molecule has 0 saturated heterocycles. The lowest BCUT2D eigenvalue weighted by molar-refractivity contribution is 0.280. The minimum atomic E-state index is -0.512. The summed E-state index contributed by atoms with van der Waals surface area (Å²) in [5.41, 5.74) is 0. The van der Waals surface area contributed by atoms with Gasteiger partial charge in [0.25, 0.3) is 0 Å². The van der Waals surface area contributed by atoms with Gasteiger partial charge in [0.1, 0.15) is 12.4 Å². The van der Waals surface area contributed by atoms with Gasteiger partial charge in [-0.3, -0.25) is 0 Å². The summed E-state index contributed by atoms with van der Waals surface area (Å²) >= 11 is 0. The molecule has 0 unspecified atom stereocenters. The Morgan fingerprint density at radius 2 is 1.84 bits per heavy atom. The van der Waals surface area contributed by atoms with Gasteiger partial charge in [0, 0.05) is 18.7 Å². The Labute approximate surface area is 112 Å². The lowest BCUT2D eigenvalue weighted by atomic mass is 10.1. The van der Waals surface area contributed by atoms with E-state index in [1.165, 1.54) is 25.7 Å². The zero-order chi connectivity index (χ0) is 13.2. The lowest BCUT2D eigenvalue weighted by Crippen LogP contribution is -2.36. The number of hydrogen-bond acceptors (Lipinski definition) is 2. The third-order valence-corrected chi connectivity index (χ3v) is 3.89. The lowest BCUT2D eigenvalue weighted by Gasteiger charge is -2.17. The van der Waals surface area contributed by atoms with Crippen LogP contribution in [0.25, 0.3) is 0 Å². The first-order valence-corrected chi connectivity index (χ1v) is 7.05. The Balaban J connectivity index is 1.43. The molecule has 0 bridgehead atoms. The highest BCUT2D eigenvalue weighted by Crippen LogP contribution is 2.44. The first-order chi connectivity index (χ1) is 9.24. The second kappa shape index (κ2) is 5.45. The predicted octanol–water partition coefficient (Wildman–Crippen LogP) is 3.12. The van der Waals surface area contributed by atoms with Crippen molar-refractivity contribution in [2.45, 2.75) is 31.7 Å². The van der Waals surface area contributed by atoms with E-state index in [0.29, 0.717) is 19.2 Å². The number of rotatable bonds is 7. The average Bonchev–Trinajstić information content (AvgIpc) is 3.26. The highest BCUT2D eigenvalue weighted by Gasteiger charge is 2.40. The molecule has 0 amide bonds. The van der Waals surface area contributed by atoms with Crippen LogP contribution in [0.2, 0.25) is 0 Å². The zero-order valence-corrected chi connectivity index (χ0v) is 10.9. The van der Waals surface area contributed by atoms with E-state index in [1.54, 1.807) is 0 Å². The van der Waals surface area contributed by atoms with E-state index in [2.05, 4.69) is 5.32 Å². The smallest absolute Gasteiger partial charge is 0.165 e. The molecule has 0 aliphatic heterocycles. The molecule has 0 spiro atoms. The van der Waals surface area contributed by atoms with Crippen LogP contribution in [0.3, 0.4) is 0 Å². The molecule has 0 radical (unpaired) electrons. The number of hydrogen-bond donors (Lipinski definition) is 1. The largest absolute Gasteiger partial charge is 0.489 e. The summed E-state index contributed by atoms with van der Waals surface area (Å²) in [4.78, 5) is 0. The van der Waals surface area contributed by atoms with Gasteiger partial charge in [-0.1, -0.05) is 0 Å². The van der Waals surface area contributed by atoms with Crippen LogP contribution in [0.15, 0.2) is 18.2 Å². The molecular formula is C15H19F2NO. The minimum absolute atomic E-state index is 0.00352. The Morgan fingerprint density at radius 3 is 2.47 bits per heavy atom. The molecule has 2 aliphatic carbocycles. The quantitative estimate of drug-likeness (QED) is 0.766. The number of nitrogens with one attached hydrogen (secondary N) is 1. The molecule has 1 aromatic carbocycles. The van der Waals surface area contributed by atoms with Crippen LogP contribution in [0.4, 0.5) is 8.78 Å². The van der Waals surface area contributed by atoms with Gasteiger partial charge in [-0.15, -0.1) is 0 Å². The van der Waals surface area contributed by atoms with Crippen LogP contribution in [0.1, 0.15) is 25.7 Å². The summed E-state index contributed by atoms with van der Waals surface area (Å²) in [5, 5.41) is 3.51. The van der Waals surface area contributed by atoms with E-state index in [1.807, 2.05) is 0 Å². The molecule has 2 aliphatic rings. The van der Waals surface area contributed by atoms with E-state index >= 15 is 0 Å². The Morgan fingerprint density at radius 1 is 1.16 bits per heavy atom. The molecule has 3 rings (SSSR count). The third-order valence-electron chi connectivity index (χ3n) is 3.89. The second-order valence-corrected chi connectivity index (χ2v) is 5.58. The SMILES string of the molecule is Fc1ccc(F)c(OCCNC(C2CC2)C2CC2)c1. The standard InChI is InChI=1S/C15H19F2NO/c16-12-5-6-13(17)14(9-12)19-8-7-18-15(10-1-2-10)11-3-4-11/h5-6,9-11,15,18H,1-4,7-8H2. The van der Waals surface area contributed by atoms with Gasteiger partial charge < -0.3 is 10.1 Å². The van der Waals surface area contributed by atoms with E-state index in [9.17, 15) is 8.78 Å². The summed E-state index contributed by atoms with van der Waals surface area (Å²) in [6, 6.07) is 3.89. The molecule has 2 saturated carbocycles. The Bertz CT molecular complexity index is 432. The van der Waals surface area contributed by atoms with E-state index in [0.717, 1.165) is 30.0 Å². The summed E-state index contributed by atoms with van der Waals surface area (Å²) in [6.45, 7) is 1.06.